The van der Waals surface area contributed by atoms with Crippen molar-refractivity contribution >= 4 is 12.6 Å². The molecule has 0 spiro atoms. The molecule has 0 saturated heterocycles. The minimum Gasteiger partial charge on any atom is -0.298 e. The standard InChI is InChI=1S/C19H13NO2/c21-12-14-1-5-16(6-2-14)18-9-19(11-20-10-18)17-7-3-15(13-22)4-8-17/h1-13H. The lowest BCUT2D eigenvalue weighted by Crippen LogP contribution is -1.86. The average Bonchev–Trinajstić information content (AvgIpc) is 2.62. The predicted octanol–water partition coefficient (Wildman–Crippen LogP) is 4.04. The van der Waals surface area contributed by atoms with Crippen molar-refractivity contribution in [2.75, 3.05) is 0 Å². The van der Waals surface area contributed by atoms with Crippen molar-refractivity contribution in [3.8, 4) is 22.3 Å². The summed E-state index contributed by atoms with van der Waals surface area (Å²) in [6.45, 7) is 0. The van der Waals surface area contributed by atoms with Gasteiger partial charge in [0.15, 0.2) is 0 Å². The summed E-state index contributed by atoms with van der Waals surface area (Å²) in [6.07, 6.45) is 5.23. The Morgan fingerprint density at radius 3 is 1.36 bits per heavy atom. The van der Waals surface area contributed by atoms with Gasteiger partial charge >= 0.3 is 0 Å². The molecule has 0 fully saturated rings. The van der Waals surface area contributed by atoms with Crippen LogP contribution in [0.4, 0.5) is 0 Å². The van der Waals surface area contributed by atoms with Gasteiger partial charge in [-0.2, -0.15) is 0 Å². The number of nitrogens with zero attached hydrogens (tertiary/aromatic N) is 1. The van der Waals surface area contributed by atoms with Crippen molar-refractivity contribution < 1.29 is 9.59 Å². The maximum atomic E-state index is 10.7. The molecule has 0 bridgehead atoms. The molecule has 22 heavy (non-hydrogen) atoms. The number of hydrogen-bond acceptors (Lipinski definition) is 3. The molecule has 0 N–H and O–H groups in total. The van der Waals surface area contributed by atoms with Crippen molar-refractivity contribution in [1.82, 2.24) is 4.98 Å². The minimum atomic E-state index is 0.650. The van der Waals surface area contributed by atoms with E-state index in [9.17, 15) is 9.59 Å². The van der Waals surface area contributed by atoms with E-state index >= 15 is 0 Å². The number of pyridine rings is 1. The van der Waals surface area contributed by atoms with Gasteiger partial charge in [0.1, 0.15) is 12.6 Å². The molecule has 0 saturated carbocycles. The molecule has 3 aromatic rings. The largest absolute Gasteiger partial charge is 0.298 e. The number of benzene rings is 2. The summed E-state index contributed by atoms with van der Waals surface area (Å²) >= 11 is 0. The topological polar surface area (TPSA) is 47.0 Å². The van der Waals surface area contributed by atoms with Crippen LogP contribution in [-0.4, -0.2) is 17.6 Å². The molecule has 1 heterocycles. The number of hydrogen-bond donors (Lipinski definition) is 0. The quantitative estimate of drug-likeness (QED) is 0.680. The van der Waals surface area contributed by atoms with E-state index in [0.29, 0.717) is 11.1 Å². The fourth-order valence-electron chi connectivity index (χ4n) is 2.26. The van der Waals surface area contributed by atoms with E-state index in [1.165, 1.54) is 0 Å². The Hall–Kier alpha value is -3.07. The van der Waals surface area contributed by atoms with Gasteiger partial charge in [-0.3, -0.25) is 14.6 Å². The number of carbonyl (C=O) groups excluding carboxylic acids is 2. The monoisotopic (exact) mass is 287 g/mol. The first kappa shape index (κ1) is 13.9. The van der Waals surface area contributed by atoms with Gasteiger partial charge in [0.05, 0.1) is 0 Å². The molecule has 106 valence electrons. The van der Waals surface area contributed by atoms with Crippen LogP contribution in [0, 0.1) is 0 Å². The molecule has 1 aromatic heterocycles. The normalized spacial score (nSPS) is 10.2. The highest BCUT2D eigenvalue weighted by molar-refractivity contribution is 5.79. The Morgan fingerprint density at radius 1 is 0.591 bits per heavy atom. The minimum absolute atomic E-state index is 0.650. The maximum absolute atomic E-state index is 10.7. The van der Waals surface area contributed by atoms with Crippen LogP contribution >= 0.6 is 0 Å². The predicted molar refractivity (Wildman–Crippen MR) is 85.9 cm³/mol. The summed E-state index contributed by atoms with van der Waals surface area (Å²) in [6, 6.07) is 16.8. The number of aromatic nitrogens is 1. The second-order valence-corrected chi connectivity index (χ2v) is 4.94. The maximum Gasteiger partial charge on any atom is 0.150 e. The van der Waals surface area contributed by atoms with Crippen LogP contribution in [-0.2, 0) is 0 Å². The molecule has 3 heteroatoms. The lowest BCUT2D eigenvalue weighted by Gasteiger charge is -2.06. The SMILES string of the molecule is O=Cc1ccc(-c2cncc(-c3ccc(C=O)cc3)c2)cc1. The molecule has 0 amide bonds. The number of rotatable bonds is 4. The van der Waals surface area contributed by atoms with E-state index in [-0.39, 0.29) is 0 Å². The zero-order valence-corrected chi connectivity index (χ0v) is 11.8. The van der Waals surface area contributed by atoms with Crippen LogP contribution in [0.2, 0.25) is 0 Å². The molecule has 2 aromatic carbocycles. The summed E-state index contributed by atoms with van der Waals surface area (Å²) in [7, 11) is 0. The highest BCUT2D eigenvalue weighted by atomic mass is 16.1. The Kier molecular flexibility index (Phi) is 3.88. The lowest BCUT2D eigenvalue weighted by molar-refractivity contribution is 0.111. The lowest BCUT2D eigenvalue weighted by atomic mass is 10.0. The van der Waals surface area contributed by atoms with Crippen molar-refractivity contribution in [3.05, 3.63) is 78.1 Å². The van der Waals surface area contributed by atoms with E-state index in [2.05, 4.69) is 4.98 Å². The van der Waals surface area contributed by atoms with E-state index in [1.807, 2.05) is 30.3 Å². The molecule has 0 aliphatic heterocycles. The second kappa shape index (κ2) is 6.14. The highest BCUT2D eigenvalue weighted by Crippen LogP contribution is 2.25. The Morgan fingerprint density at radius 2 is 1.00 bits per heavy atom. The molecule has 0 aliphatic rings. The van der Waals surface area contributed by atoms with Gasteiger partial charge in [0.25, 0.3) is 0 Å². The summed E-state index contributed by atoms with van der Waals surface area (Å²) in [5, 5.41) is 0. The van der Waals surface area contributed by atoms with Crippen molar-refractivity contribution in [2.24, 2.45) is 0 Å². The first-order valence-corrected chi connectivity index (χ1v) is 6.86. The third-order valence-corrected chi connectivity index (χ3v) is 3.50. The van der Waals surface area contributed by atoms with Crippen molar-refractivity contribution in [3.63, 3.8) is 0 Å². The molecule has 0 aliphatic carbocycles. The molecule has 0 unspecified atom stereocenters. The Labute approximate surface area is 128 Å². The fraction of sp³-hybridized carbons (Fsp3) is 0. The molecule has 0 atom stereocenters. The van der Waals surface area contributed by atoms with Gasteiger partial charge in [0.2, 0.25) is 0 Å². The summed E-state index contributed by atoms with van der Waals surface area (Å²) < 4.78 is 0. The summed E-state index contributed by atoms with van der Waals surface area (Å²) in [5.41, 5.74) is 5.27. The van der Waals surface area contributed by atoms with Crippen molar-refractivity contribution in [1.29, 1.82) is 0 Å². The van der Waals surface area contributed by atoms with Gasteiger partial charge in [-0.1, -0.05) is 48.5 Å². The van der Waals surface area contributed by atoms with Crippen molar-refractivity contribution in [2.45, 2.75) is 0 Å². The number of carbonyl (C=O) groups is 2. The molecule has 3 rings (SSSR count). The van der Waals surface area contributed by atoms with Gasteiger partial charge in [0, 0.05) is 34.6 Å². The van der Waals surface area contributed by atoms with Crippen LogP contribution in [0.1, 0.15) is 20.7 Å². The van der Waals surface area contributed by atoms with Crippen LogP contribution in [0.5, 0.6) is 0 Å². The zero-order valence-electron chi connectivity index (χ0n) is 11.8. The van der Waals surface area contributed by atoms with Crippen LogP contribution in [0.25, 0.3) is 22.3 Å². The fourth-order valence-corrected chi connectivity index (χ4v) is 2.26. The zero-order chi connectivity index (χ0) is 15.4. The first-order valence-electron chi connectivity index (χ1n) is 6.86. The highest BCUT2D eigenvalue weighted by Gasteiger charge is 2.03. The van der Waals surface area contributed by atoms with Crippen LogP contribution in [0.3, 0.4) is 0 Å². The number of aldehydes is 2. The molecular weight excluding hydrogens is 274 g/mol. The smallest absolute Gasteiger partial charge is 0.150 e. The molecule has 0 radical (unpaired) electrons. The second-order valence-electron chi connectivity index (χ2n) is 4.94. The average molecular weight is 287 g/mol. The van der Waals surface area contributed by atoms with E-state index in [4.69, 9.17) is 0 Å². The third kappa shape index (κ3) is 2.83. The first-order chi connectivity index (χ1) is 10.8. The van der Waals surface area contributed by atoms with E-state index in [0.717, 1.165) is 34.8 Å². The Bertz CT molecular complexity index is 739. The van der Waals surface area contributed by atoms with Crippen LogP contribution < -0.4 is 0 Å². The van der Waals surface area contributed by atoms with Gasteiger partial charge in [-0.05, 0) is 17.2 Å². The van der Waals surface area contributed by atoms with Gasteiger partial charge in [-0.25, -0.2) is 0 Å². The molecule has 3 nitrogen and oxygen atoms in total. The summed E-state index contributed by atoms with van der Waals surface area (Å²) in [5.74, 6) is 0. The molecular formula is C19H13NO2. The van der Waals surface area contributed by atoms with Gasteiger partial charge in [-0.15, -0.1) is 0 Å². The third-order valence-electron chi connectivity index (χ3n) is 3.50. The van der Waals surface area contributed by atoms with E-state index in [1.54, 1.807) is 36.7 Å². The van der Waals surface area contributed by atoms with E-state index < -0.39 is 0 Å². The van der Waals surface area contributed by atoms with Crippen LogP contribution in [0.15, 0.2) is 67.0 Å². The van der Waals surface area contributed by atoms with Gasteiger partial charge < -0.3 is 0 Å². The summed E-state index contributed by atoms with van der Waals surface area (Å²) in [4.78, 5) is 25.7. The Balaban J connectivity index is 1.97.